The normalized spacial score (nSPS) is 20.6. The largest absolute Gasteiger partial charge is 0.454 e. The highest BCUT2D eigenvalue weighted by molar-refractivity contribution is 5.85. The molecular weight excluding hydrogens is 248 g/mol. The predicted octanol–water partition coefficient (Wildman–Crippen LogP) is 1.07. The van der Waals surface area contributed by atoms with Gasteiger partial charge in [0.2, 0.25) is 6.79 Å². The van der Waals surface area contributed by atoms with Crippen LogP contribution in [0.25, 0.3) is 0 Å². The first kappa shape index (κ1) is 11.8. The number of ketones is 1. The molecule has 0 aromatic heterocycles. The van der Waals surface area contributed by atoms with Crippen LogP contribution in [0.15, 0.2) is 18.2 Å². The molecule has 0 bridgehead atoms. The van der Waals surface area contributed by atoms with Gasteiger partial charge < -0.3 is 19.7 Å². The Hall–Kier alpha value is -2.24. The molecule has 6 nitrogen and oxygen atoms in total. The average molecular weight is 262 g/mol. The molecule has 0 aliphatic carbocycles. The number of hydrogen-bond acceptors (Lipinski definition) is 4. The van der Waals surface area contributed by atoms with Crippen molar-refractivity contribution in [1.29, 1.82) is 0 Å². The van der Waals surface area contributed by atoms with E-state index in [2.05, 4.69) is 5.32 Å². The SMILES string of the molecule is CC(=O)CN1CC(c2ccc3c(c2)OCO3)NC1=O. The lowest BCUT2D eigenvalue weighted by Gasteiger charge is -2.12. The number of amides is 2. The van der Waals surface area contributed by atoms with Gasteiger partial charge in [-0.1, -0.05) is 6.07 Å². The molecule has 3 rings (SSSR count). The second-order valence-corrected chi connectivity index (χ2v) is 4.70. The molecule has 1 aromatic rings. The van der Waals surface area contributed by atoms with Gasteiger partial charge in [0, 0.05) is 6.54 Å². The fraction of sp³-hybridized carbons (Fsp3) is 0.385. The molecule has 1 fully saturated rings. The van der Waals surface area contributed by atoms with Crippen molar-refractivity contribution < 1.29 is 19.1 Å². The Morgan fingerprint density at radius 2 is 2.21 bits per heavy atom. The summed E-state index contributed by atoms with van der Waals surface area (Å²) in [4.78, 5) is 24.3. The molecule has 2 aliphatic rings. The van der Waals surface area contributed by atoms with Crippen molar-refractivity contribution in [2.24, 2.45) is 0 Å². The molecule has 0 radical (unpaired) electrons. The summed E-state index contributed by atoms with van der Waals surface area (Å²) in [5.41, 5.74) is 0.948. The Morgan fingerprint density at radius 3 is 3.00 bits per heavy atom. The summed E-state index contributed by atoms with van der Waals surface area (Å²) >= 11 is 0. The van der Waals surface area contributed by atoms with Crippen molar-refractivity contribution in [1.82, 2.24) is 10.2 Å². The number of hydrogen-bond donors (Lipinski definition) is 1. The number of Topliss-reactive ketones (excluding diaryl/α,β-unsaturated/α-hetero) is 1. The first-order valence-electron chi connectivity index (χ1n) is 6.08. The fourth-order valence-electron chi connectivity index (χ4n) is 2.31. The predicted molar refractivity (Wildman–Crippen MR) is 66.1 cm³/mol. The van der Waals surface area contributed by atoms with E-state index in [4.69, 9.17) is 9.47 Å². The zero-order valence-corrected chi connectivity index (χ0v) is 10.5. The summed E-state index contributed by atoms with van der Waals surface area (Å²) in [5.74, 6) is 1.38. The standard InChI is InChI=1S/C13H14N2O4/c1-8(16)5-15-6-10(14-13(15)17)9-2-3-11-12(4-9)19-7-18-11/h2-4,10H,5-7H2,1H3,(H,14,17). The summed E-state index contributed by atoms with van der Waals surface area (Å²) in [5, 5.41) is 2.86. The molecule has 19 heavy (non-hydrogen) atoms. The lowest BCUT2D eigenvalue weighted by Crippen LogP contribution is -2.32. The highest BCUT2D eigenvalue weighted by Crippen LogP contribution is 2.35. The molecule has 0 spiro atoms. The number of fused-ring (bicyclic) bond motifs is 1. The maximum Gasteiger partial charge on any atom is 0.318 e. The molecule has 2 amide bonds. The topological polar surface area (TPSA) is 67.9 Å². The summed E-state index contributed by atoms with van der Waals surface area (Å²) in [6.07, 6.45) is 0. The van der Waals surface area contributed by atoms with E-state index in [1.54, 1.807) is 0 Å². The zero-order valence-electron chi connectivity index (χ0n) is 10.5. The van der Waals surface area contributed by atoms with Crippen LogP contribution in [0.3, 0.4) is 0 Å². The van der Waals surface area contributed by atoms with E-state index in [-0.39, 0.29) is 31.2 Å². The van der Waals surface area contributed by atoms with Crippen LogP contribution in [0.1, 0.15) is 18.5 Å². The minimum Gasteiger partial charge on any atom is -0.454 e. The number of carbonyl (C=O) groups is 2. The first-order chi connectivity index (χ1) is 9.13. The van der Waals surface area contributed by atoms with E-state index in [0.29, 0.717) is 18.0 Å². The van der Waals surface area contributed by atoms with Crippen LogP contribution in [-0.4, -0.2) is 36.6 Å². The minimum absolute atomic E-state index is 0.0264. The van der Waals surface area contributed by atoms with Gasteiger partial charge in [0.05, 0.1) is 12.6 Å². The Morgan fingerprint density at radius 1 is 1.42 bits per heavy atom. The number of ether oxygens (including phenoxy) is 2. The van der Waals surface area contributed by atoms with Gasteiger partial charge in [-0.05, 0) is 24.6 Å². The number of nitrogens with zero attached hydrogens (tertiary/aromatic N) is 1. The van der Waals surface area contributed by atoms with Crippen LogP contribution in [0.5, 0.6) is 11.5 Å². The number of carbonyl (C=O) groups excluding carboxylic acids is 2. The van der Waals surface area contributed by atoms with Crippen LogP contribution < -0.4 is 14.8 Å². The third-order valence-corrected chi connectivity index (χ3v) is 3.20. The second kappa shape index (κ2) is 4.46. The Labute approximate surface area is 110 Å². The third kappa shape index (κ3) is 2.21. The fourth-order valence-corrected chi connectivity index (χ4v) is 2.31. The molecule has 1 N–H and O–H groups in total. The first-order valence-corrected chi connectivity index (χ1v) is 6.08. The van der Waals surface area contributed by atoms with Crippen molar-refractivity contribution in [2.75, 3.05) is 19.9 Å². The van der Waals surface area contributed by atoms with Crippen molar-refractivity contribution in [3.05, 3.63) is 23.8 Å². The van der Waals surface area contributed by atoms with Gasteiger partial charge in [-0.3, -0.25) is 4.79 Å². The minimum atomic E-state index is -0.210. The molecule has 6 heteroatoms. The maximum atomic E-state index is 11.7. The molecule has 1 atom stereocenters. The van der Waals surface area contributed by atoms with E-state index in [1.165, 1.54) is 11.8 Å². The van der Waals surface area contributed by atoms with Crippen LogP contribution >= 0.6 is 0 Å². The van der Waals surface area contributed by atoms with Gasteiger partial charge in [0.1, 0.15) is 5.78 Å². The molecule has 100 valence electrons. The van der Waals surface area contributed by atoms with Gasteiger partial charge in [-0.25, -0.2) is 4.79 Å². The average Bonchev–Trinajstić information content (AvgIpc) is 2.95. The summed E-state index contributed by atoms with van der Waals surface area (Å²) in [6.45, 7) is 2.33. The Balaban J connectivity index is 1.77. The van der Waals surface area contributed by atoms with E-state index in [0.717, 1.165) is 5.56 Å². The number of rotatable bonds is 3. The highest BCUT2D eigenvalue weighted by atomic mass is 16.7. The smallest absolute Gasteiger partial charge is 0.318 e. The van der Waals surface area contributed by atoms with Crippen molar-refractivity contribution in [3.63, 3.8) is 0 Å². The molecule has 0 saturated carbocycles. The molecule has 1 unspecified atom stereocenters. The van der Waals surface area contributed by atoms with E-state index in [9.17, 15) is 9.59 Å². The lowest BCUT2D eigenvalue weighted by molar-refractivity contribution is -0.117. The number of nitrogens with one attached hydrogen (secondary N) is 1. The number of urea groups is 1. The summed E-state index contributed by atoms with van der Waals surface area (Å²) in [6, 6.07) is 5.26. The number of benzene rings is 1. The van der Waals surface area contributed by atoms with E-state index < -0.39 is 0 Å². The third-order valence-electron chi connectivity index (χ3n) is 3.20. The van der Waals surface area contributed by atoms with Crippen LogP contribution in [0.4, 0.5) is 4.79 Å². The molecule has 2 heterocycles. The van der Waals surface area contributed by atoms with Crippen molar-refractivity contribution in [3.8, 4) is 11.5 Å². The lowest BCUT2D eigenvalue weighted by atomic mass is 10.1. The summed E-state index contributed by atoms with van der Waals surface area (Å²) in [7, 11) is 0. The van der Waals surface area contributed by atoms with Crippen molar-refractivity contribution in [2.45, 2.75) is 13.0 Å². The van der Waals surface area contributed by atoms with E-state index in [1.807, 2.05) is 18.2 Å². The van der Waals surface area contributed by atoms with Gasteiger partial charge in [0.15, 0.2) is 11.5 Å². The van der Waals surface area contributed by atoms with E-state index >= 15 is 0 Å². The second-order valence-electron chi connectivity index (χ2n) is 4.70. The van der Waals surface area contributed by atoms with Crippen LogP contribution in [0, 0.1) is 0 Å². The van der Waals surface area contributed by atoms with Gasteiger partial charge in [-0.2, -0.15) is 0 Å². The van der Waals surface area contributed by atoms with Gasteiger partial charge >= 0.3 is 6.03 Å². The maximum absolute atomic E-state index is 11.7. The highest BCUT2D eigenvalue weighted by Gasteiger charge is 2.31. The quantitative estimate of drug-likeness (QED) is 0.884. The Bertz CT molecular complexity index is 543. The molecular formula is C13H14N2O4. The monoisotopic (exact) mass is 262 g/mol. The zero-order chi connectivity index (χ0) is 13.4. The van der Waals surface area contributed by atoms with Gasteiger partial charge in [-0.15, -0.1) is 0 Å². The molecule has 2 aliphatic heterocycles. The van der Waals surface area contributed by atoms with Gasteiger partial charge in [0.25, 0.3) is 0 Å². The van der Waals surface area contributed by atoms with Crippen molar-refractivity contribution >= 4 is 11.8 Å². The molecule has 1 aromatic carbocycles. The summed E-state index contributed by atoms with van der Waals surface area (Å²) < 4.78 is 10.6. The molecule has 1 saturated heterocycles. The van der Waals surface area contributed by atoms with Crippen LogP contribution in [0.2, 0.25) is 0 Å². The Kier molecular flexibility index (Phi) is 2.77. The van der Waals surface area contributed by atoms with Crippen LogP contribution in [-0.2, 0) is 4.79 Å².